The molecule has 1 N–H and O–H groups in total. The van der Waals surface area contributed by atoms with Crippen LogP contribution in [0.1, 0.15) is 11.5 Å². The van der Waals surface area contributed by atoms with Gasteiger partial charge in [0.1, 0.15) is 5.82 Å². The first-order valence-corrected chi connectivity index (χ1v) is 8.83. The number of halogens is 1. The van der Waals surface area contributed by atoms with Crippen molar-refractivity contribution in [3.05, 3.63) is 71.9 Å². The fourth-order valence-corrected chi connectivity index (χ4v) is 2.92. The van der Waals surface area contributed by atoms with Crippen molar-refractivity contribution in [1.29, 1.82) is 0 Å². The molecule has 0 radical (unpaired) electrons. The largest absolute Gasteiger partial charge is 0.346 e. The van der Waals surface area contributed by atoms with Gasteiger partial charge in [0.15, 0.2) is 0 Å². The smallest absolute Gasteiger partial charge is 0.246 e. The lowest BCUT2D eigenvalue weighted by Gasteiger charge is -2.03. The minimum atomic E-state index is -0.263. The minimum Gasteiger partial charge on any atom is -0.346 e. The Kier molecular flexibility index (Phi) is 5.79. The van der Waals surface area contributed by atoms with Crippen LogP contribution in [0.25, 0.3) is 11.4 Å². The van der Waals surface area contributed by atoms with Crippen LogP contribution in [-0.2, 0) is 17.1 Å². The number of carbonyl (C=O) groups is 1. The summed E-state index contributed by atoms with van der Waals surface area (Å²) < 4.78 is 18.0. The van der Waals surface area contributed by atoms with Gasteiger partial charge >= 0.3 is 0 Å². The van der Waals surface area contributed by atoms with Gasteiger partial charge in [-0.2, -0.15) is 4.98 Å². The van der Waals surface area contributed by atoms with Crippen LogP contribution in [0.2, 0.25) is 0 Å². The van der Waals surface area contributed by atoms with Crippen LogP contribution in [-0.4, -0.2) is 21.8 Å². The molecule has 0 saturated carbocycles. The van der Waals surface area contributed by atoms with Crippen molar-refractivity contribution in [3.8, 4) is 11.4 Å². The molecule has 128 valence electrons. The number of hydrogen-bond acceptors (Lipinski definition) is 5. The van der Waals surface area contributed by atoms with Crippen molar-refractivity contribution in [1.82, 2.24) is 15.5 Å². The van der Waals surface area contributed by atoms with E-state index in [1.807, 2.05) is 30.3 Å². The van der Waals surface area contributed by atoms with E-state index < -0.39 is 0 Å². The van der Waals surface area contributed by atoms with Crippen molar-refractivity contribution in [2.45, 2.75) is 12.3 Å². The van der Waals surface area contributed by atoms with Crippen molar-refractivity contribution in [2.24, 2.45) is 0 Å². The third kappa shape index (κ3) is 5.15. The molecule has 1 aromatic heterocycles. The predicted molar refractivity (Wildman–Crippen MR) is 94.1 cm³/mol. The van der Waals surface area contributed by atoms with Crippen LogP contribution in [0.3, 0.4) is 0 Å². The van der Waals surface area contributed by atoms with Gasteiger partial charge < -0.3 is 9.84 Å². The minimum absolute atomic E-state index is 0.119. The van der Waals surface area contributed by atoms with Gasteiger partial charge in [0.05, 0.1) is 12.3 Å². The number of thioether (sulfide) groups is 1. The Bertz CT molecular complexity index is 822. The summed E-state index contributed by atoms with van der Waals surface area (Å²) in [6, 6.07) is 15.7. The SMILES string of the molecule is O=C(CSCc1ccc(F)cc1)NCc1nc(-c2ccccc2)no1. The van der Waals surface area contributed by atoms with Gasteiger partial charge in [0.2, 0.25) is 17.6 Å². The number of nitrogens with one attached hydrogen (secondary N) is 1. The first-order chi connectivity index (χ1) is 12.2. The summed E-state index contributed by atoms with van der Waals surface area (Å²) in [5.74, 6) is 1.42. The van der Waals surface area contributed by atoms with E-state index in [1.54, 1.807) is 12.1 Å². The summed E-state index contributed by atoms with van der Waals surface area (Å²) in [6.45, 7) is 0.190. The molecule has 3 rings (SSSR count). The Morgan fingerprint density at radius 1 is 1.12 bits per heavy atom. The second kappa shape index (κ2) is 8.43. The average Bonchev–Trinajstić information content (AvgIpc) is 3.11. The summed E-state index contributed by atoms with van der Waals surface area (Å²) in [5, 5.41) is 6.64. The van der Waals surface area contributed by atoms with Crippen LogP contribution in [0.15, 0.2) is 59.1 Å². The monoisotopic (exact) mass is 357 g/mol. The Hall–Kier alpha value is -2.67. The third-order valence-electron chi connectivity index (χ3n) is 3.35. The molecule has 25 heavy (non-hydrogen) atoms. The van der Waals surface area contributed by atoms with Crippen LogP contribution < -0.4 is 5.32 Å². The van der Waals surface area contributed by atoms with Crippen LogP contribution in [0.5, 0.6) is 0 Å². The standard InChI is InChI=1S/C18H16FN3O2S/c19-15-8-6-13(7-9-15)11-25-12-16(23)20-10-17-21-18(22-24-17)14-4-2-1-3-5-14/h1-9H,10-12H2,(H,20,23). The number of amides is 1. The van der Waals surface area contributed by atoms with Gasteiger partial charge in [0, 0.05) is 11.3 Å². The molecule has 3 aromatic rings. The number of benzene rings is 2. The second-order valence-electron chi connectivity index (χ2n) is 5.27. The second-order valence-corrected chi connectivity index (χ2v) is 6.26. The fraction of sp³-hybridized carbons (Fsp3) is 0.167. The summed E-state index contributed by atoms with van der Waals surface area (Å²) in [7, 11) is 0. The highest BCUT2D eigenvalue weighted by Crippen LogP contribution is 2.15. The molecule has 0 spiro atoms. The highest BCUT2D eigenvalue weighted by Gasteiger charge is 2.09. The number of nitrogens with zero attached hydrogens (tertiary/aromatic N) is 2. The van der Waals surface area contributed by atoms with E-state index in [2.05, 4.69) is 15.5 Å². The number of hydrogen-bond donors (Lipinski definition) is 1. The molecule has 1 heterocycles. The zero-order chi connectivity index (χ0) is 17.5. The maximum atomic E-state index is 12.8. The van der Waals surface area contributed by atoms with Gasteiger partial charge in [-0.05, 0) is 17.7 Å². The highest BCUT2D eigenvalue weighted by molar-refractivity contribution is 7.99. The predicted octanol–water partition coefficient (Wildman–Crippen LogP) is 3.43. The van der Waals surface area contributed by atoms with Crippen LogP contribution in [0, 0.1) is 5.82 Å². The van der Waals surface area contributed by atoms with Crippen molar-refractivity contribution in [2.75, 3.05) is 5.75 Å². The van der Waals surface area contributed by atoms with E-state index in [4.69, 9.17) is 4.52 Å². The molecular weight excluding hydrogens is 341 g/mol. The first kappa shape index (κ1) is 17.2. The van der Waals surface area contributed by atoms with Crippen molar-refractivity contribution < 1.29 is 13.7 Å². The van der Waals surface area contributed by atoms with Crippen LogP contribution >= 0.6 is 11.8 Å². The van der Waals surface area contributed by atoms with E-state index in [9.17, 15) is 9.18 Å². The molecule has 2 aromatic carbocycles. The molecule has 0 bridgehead atoms. The fourth-order valence-electron chi connectivity index (χ4n) is 2.10. The third-order valence-corrected chi connectivity index (χ3v) is 4.36. The zero-order valence-electron chi connectivity index (χ0n) is 13.3. The van der Waals surface area contributed by atoms with Gasteiger partial charge in [0.25, 0.3) is 0 Å². The lowest BCUT2D eigenvalue weighted by molar-refractivity contribution is -0.118. The van der Waals surface area contributed by atoms with Gasteiger partial charge in [-0.1, -0.05) is 47.6 Å². The molecule has 0 aliphatic heterocycles. The molecule has 0 saturated heterocycles. The summed E-state index contributed by atoms with van der Waals surface area (Å²) in [4.78, 5) is 16.1. The Labute approximate surface area is 148 Å². The summed E-state index contributed by atoms with van der Waals surface area (Å²) in [6.07, 6.45) is 0. The van der Waals surface area contributed by atoms with E-state index in [-0.39, 0.29) is 18.3 Å². The Balaban J connectivity index is 1.42. The lowest BCUT2D eigenvalue weighted by atomic mass is 10.2. The highest BCUT2D eigenvalue weighted by atomic mass is 32.2. The van der Waals surface area contributed by atoms with Crippen LogP contribution in [0.4, 0.5) is 4.39 Å². The normalized spacial score (nSPS) is 10.6. The molecule has 0 fully saturated rings. The van der Waals surface area contributed by atoms with Gasteiger partial charge in [-0.3, -0.25) is 4.79 Å². The van der Waals surface area contributed by atoms with E-state index >= 15 is 0 Å². The quantitative estimate of drug-likeness (QED) is 0.702. The molecule has 0 aliphatic rings. The topological polar surface area (TPSA) is 68.0 Å². The Morgan fingerprint density at radius 3 is 2.64 bits per heavy atom. The number of aromatic nitrogens is 2. The summed E-state index contributed by atoms with van der Waals surface area (Å²) in [5.41, 5.74) is 1.84. The molecule has 0 atom stereocenters. The lowest BCUT2D eigenvalue weighted by Crippen LogP contribution is -2.24. The van der Waals surface area contributed by atoms with Gasteiger partial charge in [-0.15, -0.1) is 11.8 Å². The first-order valence-electron chi connectivity index (χ1n) is 7.67. The molecular formula is C18H16FN3O2S. The molecule has 1 amide bonds. The maximum absolute atomic E-state index is 12.8. The zero-order valence-corrected chi connectivity index (χ0v) is 14.1. The number of carbonyl (C=O) groups excluding carboxylic acids is 1. The molecule has 7 heteroatoms. The molecule has 0 aliphatic carbocycles. The average molecular weight is 357 g/mol. The Morgan fingerprint density at radius 2 is 1.88 bits per heavy atom. The van der Waals surface area contributed by atoms with E-state index in [0.717, 1.165) is 11.1 Å². The van der Waals surface area contributed by atoms with Crippen molar-refractivity contribution >= 4 is 17.7 Å². The van der Waals surface area contributed by atoms with Crippen molar-refractivity contribution in [3.63, 3.8) is 0 Å². The molecule has 5 nitrogen and oxygen atoms in total. The van der Waals surface area contributed by atoms with E-state index in [1.165, 1.54) is 23.9 Å². The summed E-state index contributed by atoms with van der Waals surface area (Å²) >= 11 is 1.46. The molecule has 0 unspecified atom stereocenters. The van der Waals surface area contributed by atoms with Gasteiger partial charge in [-0.25, -0.2) is 4.39 Å². The maximum Gasteiger partial charge on any atom is 0.246 e. The number of rotatable bonds is 7. The van der Waals surface area contributed by atoms with E-state index in [0.29, 0.717) is 23.2 Å².